The molecule has 1 fully saturated rings. The molecule has 0 aromatic heterocycles. The molecule has 1 aliphatic carbocycles. The monoisotopic (exact) mass is 404 g/mol. The first kappa shape index (κ1) is 21.1. The molecule has 0 radical (unpaired) electrons. The number of rotatable bonds is 5. The number of halogens is 1. The summed E-state index contributed by atoms with van der Waals surface area (Å²) in [5, 5.41) is 0.188. The smallest absolute Gasteiger partial charge is 0.207 e. The van der Waals surface area contributed by atoms with E-state index in [0.29, 0.717) is 18.1 Å². The van der Waals surface area contributed by atoms with Gasteiger partial charge >= 0.3 is 0 Å². The van der Waals surface area contributed by atoms with Crippen molar-refractivity contribution >= 4 is 17.4 Å². The molecule has 152 valence electrons. The van der Waals surface area contributed by atoms with Gasteiger partial charge in [-0.3, -0.25) is 4.79 Å². The highest BCUT2D eigenvalue weighted by atomic mass is 35.5. The van der Waals surface area contributed by atoms with Crippen molar-refractivity contribution in [3.63, 3.8) is 0 Å². The molecule has 0 saturated carbocycles. The highest BCUT2D eigenvalue weighted by Gasteiger charge is 2.62. The third-order valence-electron chi connectivity index (χ3n) is 6.29. The number of carbonyl (C=O) groups excluding carboxylic acids is 1. The first-order valence-corrected chi connectivity index (χ1v) is 10.2. The van der Waals surface area contributed by atoms with Crippen LogP contribution >= 0.6 is 11.6 Å². The number of Topliss-reactive ketones (excluding diaryl/α,β-unsaturated/α-hetero) is 1. The van der Waals surface area contributed by atoms with E-state index in [4.69, 9.17) is 25.8 Å². The highest BCUT2D eigenvalue weighted by Crippen LogP contribution is 2.56. The lowest BCUT2D eigenvalue weighted by molar-refractivity contribution is -0.211. The Morgan fingerprint density at radius 3 is 2.82 bits per heavy atom. The lowest BCUT2D eigenvalue weighted by Crippen LogP contribution is -2.47. The summed E-state index contributed by atoms with van der Waals surface area (Å²) in [6.07, 6.45) is 11.1. The van der Waals surface area contributed by atoms with E-state index in [0.717, 1.165) is 23.1 Å². The van der Waals surface area contributed by atoms with Crippen molar-refractivity contribution in [2.45, 2.75) is 58.8 Å². The van der Waals surface area contributed by atoms with E-state index in [2.05, 4.69) is 19.9 Å². The van der Waals surface area contributed by atoms with E-state index in [1.165, 1.54) is 0 Å². The molecule has 0 amide bonds. The maximum atomic E-state index is 13.2. The molecule has 0 spiro atoms. The third-order valence-corrected chi connectivity index (χ3v) is 6.67. The second kappa shape index (κ2) is 7.66. The van der Waals surface area contributed by atoms with Crippen LogP contribution in [0.4, 0.5) is 0 Å². The van der Waals surface area contributed by atoms with Gasteiger partial charge in [0.25, 0.3) is 0 Å². The van der Waals surface area contributed by atoms with Crippen molar-refractivity contribution < 1.29 is 19.0 Å². The van der Waals surface area contributed by atoms with Gasteiger partial charge in [0.05, 0.1) is 11.3 Å². The van der Waals surface area contributed by atoms with Crippen molar-refractivity contribution in [3.05, 3.63) is 58.1 Å². The number of methoxy groups -OCH3 is 1. The van der Waals surface area contributed by atoms with Gasteiger partial charge in [-0.15, -0.1) is 0 Å². The molecule has 2 heterocycles. The molecule has 0 bridgehead atoms. The molecule has 4 atom stereocenters. The Bertz CT molecular complexity index is 832. The topological polar surface area (TPSA) is 44.8 Å². The fraction of sp³-hybridized carbons (Fsp3) is 0.522. The molecule has 4 unspecified atom stereocenters. The van der Waals surface area contributed by atoms with Gasteiger partial charge in [-0.1, -0.05) is 44.0 Å². The van der Waals surface area contributed by atoms with Crippen LogP contribution in [0.5, 0.6) is 0 Å². The number of hydrogen-bond acceptors (Lipinski definition) is 4. The summed E-state index contributed by atoms with van der Waals surface area (Å²) in [6, 6.07) is 0. The van der Waals surface area contributed by atoms with Gasteiger partial charge in [0.15, 0.2) is 5.79 Å². The molecule has 28 heavy (non-hydrogen) atoms. The van der Waals surface area contributed by atoms with E-state index in [9.17, 15) is 4.79 Å². The average Bonchev–Trinajstić information content (AvgIpc) is 3.04. The number of allylic oxidation sites excluding steroid dienone is 5. The van der Waals surface area contributed by atoms with Crippen molar-refractivity contribution in [1.29, 1.82) is 0 Å². The predicted molar refractivity (Wildman–Crippen MR) is 111 cm³/mol. The molecule has 0 N–H and O–H groups in total. The van der Waals surface area contributed by atoms with Crippen LogP contribution < -0.4 is 0 Å². The molecule has 0 aromatic carbocycles. The standard InChI is InChI=1S/C23H29ClO4/c1-7-14(3)9-10-16-11-17-18(13-27-16)19-12-23(26-6,15(4)8-2)28-22(19,5)21(25)20(17)24/h8-11,13-14,19H,7,12H2,1-6H3. The Labute approximate surface area is 172 Å². The lowest BCUT2D eigenvalue weighted by atomic mass is 9.71. The van der Waals surface area contributed by atoms with Gasteiger partial charge in [0, 0.05) is 30.6 Å². The van der Waals surface area contributed by atoms with Crippen molar-refractivity contribution in [1.82, 2.24) is 0 Å². The summed E-state index contributed by atoms with van der Waals surface area (Å²) >= 11 is 6.53. The van der Waals surface area contributed by atoms with Gasteiger partial charge in [-0.05, 0) is 44.4 Å². The Hall–Kier alpha value is -1.62. The van der Waals surface area contributed by atoms with Gasteiger partial charge in [0.1, 0.15) is 11.4 Å². The maximum absolute atomic E-state index is 13.2. The normalized spacial score (nSPS) is 34.0. The van der Waals surface area contributed by atoms with E-state index in [1.807, 2.05) is 32.1 Å². The zero-order valence-corrected chi connectivity index (χ0v) is 18.2. The maximum Gasteiger partial charge on any atom is 0.207 e. The minimum atomic E-state index is -1.09. The Kier molecular flexibility index (Phi) is 5.77. The fourth-order valence-corrected chi connectivity index (χ4v) is 4.37. The molecule has 4 nitrogen and oxygen atoms in total. The molecule has 3 aliphatic rings. The molecule has 2 aliphatic heterocycles. The van der Waals surface area contributed by atoms with Crippen LogP contribution in [0.15, 0.2) is 58.1 Å². The van der Waals surface area contributed by atoms with Crippen molar-refractivity contribution in [2.24, 2.45) is 11.8 Å². The van der Waals surface area contributed by atoms with Crippen LogP contribution in [0, 0.1) is 11.8 Å². The van der Waals surface area contributed by atoms with Gasteiger partial charge in [0.2, 0.25) is 5.78 Å². The van der Waals surface area contributed by atoms with Crippen LogP contribution in [-0.2, 0) is 19.0 Å². The quantitative estimate of drug-likeness (QED) is 0.562. The molecular formula is C23H29ClO4. The van der Waals surface area contributed by atoms with Crippen LogP contribution in [0.25, 0.3) is 0 Å². The number of ketones is 1. The van der Waals surface area contributed by atoms with Gasteiger partial charge in [-0.2, -0.15) is 0 Å². The summed E-state index contributed by atoms with van der Waals surface area (Å²) in [4.78, 5) is 13.2. The van der Waals surface area contributed by atoms with Gasteiger partial charge in [-0.25, -0.2) is 0 Å². The Morgan fingerprint density at radius 1 is 1.50 bits per heavy atom. The zero-order valence-electron chi connectivity index (χ0n) is 17.5. The van der Waals surface area contributed by atoms with E-state index in [1.54, 1.807) is 20.3 Å². The third kappa shape index (κ3) is 3.22. The number of fused-ring (bicyclic) bond motifs is 3. The second-order valence-corrected chi connectivity index (χ2v) is 8.31. The summed E-state index contributed by atoms with van der Waals surface area (Å²) in [7, 11) is 1.61. The fourth-order valence-electron chi connectivity index (χ4n) is 4.01. The van der Waals surface area contributed by atoms with Gasteiger partial charge < -0.3 is 14.2 Å². The van der Waals surface area contributed by atoms with Crippen molar-refractivity contribution in [2.75, 3.05) is 7.11 Å². The summed E-state index contributed by atoms with van der Waals surface area (Å²) in [5.41, 5.74) is 1.45. The highest BCUT2D eigenvalue weighted by molar-refractivity contribution is 6.45. The van der Waals surface area contributed by atoms with Crippen LogP contribution in [0.1, 0.15) is 47.5 Å². The largest absolute Gasteiger partial charge is 0.465 e. The van der Waals surface area contributed by atoms with E-state index < -0.39 is 11.4 Å². The summed E-state index contributed by atoms with van der Waals surface area (Å²) in [5.74, 6) is -0.237. The minimum absolute atomic E-state index is 0.188. The second-order valence-electron chi connectivity index (χ2n) is 7.93. The average molecular weight is 405 g/mol. The molecule has 0 aromatic rings. The number of hydrogen-bond donors (Lipinski definition) is 0. The predicted octanol–water partition coefficient (Wildman–Crippen LogP) is 5.57. The summed E-state index contributed by atoms with van der Waals surface area (Å²) < 4.78 is 17.9. The lowest BCUT2D eigenvalue weighted by Gasteiger charge is -2.37. The number of carbonyl (C=O) groups is 1. The Balaban J connectivity index is 2.01. The van der Waals surface area contributed by atoms with E-state index >= 15 is 0 Å². The molecule has 5 heteroatoms. The van der Waals surface area contributed by atoms with Crippen LogP contribution in [-0.4, -0.2) is 24.3 Å². The Morgan fingerprint density at radius 2 is 2.21 bits per heavy atom. The van der Waals surface area contributed by atoms with Crippen LogP contribution in [0.3, 0.4) is 0 Å². The SMILES string of the molecule is CC=C(C)C1(OC)CC2C3=COC(C=CC(C)CC)=CC3=C(Cl)C(=O)C2(C)O1. The van der Waals surface area contributed by atoms with Crippen molar-refractivity contribution in [3.8, 4) is 0 Å². The molecule has 1 saturated heterocycles. The first-order chi connectivity index (χ1) is 13.2. The number of ether oxygens (including phenoxy) is 3. The van der Waals surface area contributed by atoms with E-state index in [-0.39, 0.29) is 16.7 Å². The zero-order chi connectivity index (χ0) is 20.7. The summed E-state index contributed by atoms with van der Waals surface area (Å²) in [6.45, 7) is 9.97. The molecular weight excluding hydrogens is 376 g/mol. The van der Waals surface area contributed by atoms with Crippen LogP contribution in [0.2, 0.25) is 0 Å². The molecule has 3 rings (SSSR count). The minimum Gasteiger partial charge on any atom is -0.465 e. The first-order valence-electron chi connectivity index (χ1n) is 9.82.